The van der Waals surface area contributed by atoms with Crippen LogP contribution in [0.3, 0.4) is 0 Å². The Morgan fingerprint density at radius 1 is 1.21 bits per heavy atom. The van der Waals surface area contributed by atoms with E-state index in [0.717, 1.165) is 5.69 Å². The molecule has 2 N–H and O–H groups in total. The molecule has 0 aliphatic rings. The van der Waals surface area contributed by atoms with E-state index in [2.05, 4.69) is 4.98 Å². The van der Waals surface area contributed by atoms with Crippen LogP contribution in [0.1, 0.15) is 5.69 Å². The lowest BCUT2D eigenvalue weighted by Crippen LogP contribution is -2.31. The van der Waals surface area contributed by atoms with Gasteiger partial charge in [-0.15, -0.1) is 0 Å². The molecule has 1 aromatic heterocycles. The van der Waals surface area contributed by atoms with Crippen LogP contribution in [-0.4, -0.2) is 29.3 Å². The molecule has 0 radical (unpaired) electrons. The van der Waals surface area contributed by atoms with Gasteiger partial charge in [-0.3, -0.25) is 4.98 Å². The Balaban J connectivity index is 2.15. The van der Waals surface area contributed by atoms with E-state index >= 15 is 0 Å². The fourth-order valence-electron chi connectivity index (χ4n) is 1.62. The minimum absolute atomic E-state index is 0.257. The first-order valence-electron chi connectivity index (χ1n) is 5.77. The Morgan fingerprint density at radius 2 is 2.05 bits per heavy atom. The summed E-state index contributed by atoms with van der Waals surface area (Å²) in [7, 11) is -0.106. The molecule has 19 heavy (non-hydrogen) atoms. The minimum Gasteiger partial charge on any atom is -0.497 e. The predicted octanol–water partition coefficient (Wildman–Crippen LogP) is 0.349. The molecule has 2 aromatic rings. The number of methoxy groups -OCH3 is 1. The first-order valence-corrected chi connectivity index (χ1v) is 5.77. The largest absolute Gasteiger partial charge is 0.497 e. The third kappa shape index (κ3) is 3.46. The van der Waals surface area contributed by atoms with E-state index in [0.29, 0.717) is 11.5 Å². The van der Waals surface area contributed by atoms with Crippen molar-refractivity contribution in [2.24, 2.45) is 0 Å². The molecule has 0 saturated carbocycles. The van der Waals surface area contributed by atoms with Crippen molar-refractivity contribution in [2.45, 2.75) is 6.61 Å². The van der Waals surface area contributed by atoms with Crippen LogP contribution in [0, 0.1) is 0 Å². The summed E-state index contributed by atoms with van der Waals surface area (Å²) >= 11 is 0. The summed E-state index contributed by atoms with van der Waals surface area (Å²) in [6.07, 6.45) is 1.68. The predicted molar refractivity (Wildman–Crippen MR) is 71.4 cm³/mol. The lowest BCUT2D eigenvalue weighted by molar-refractivity contribution is 0.301. The van der Waals surface area contributed by atoms with Gasteiger partial charge >= 0.3 is 7.12 Å². The van der Waals surface area contributed by atoms with Gasteiger partial charge < -0.3 is 19.5 Å². The average molecular weight is 259 g/mol. The monoisotopic (exact) mass is 259 g/mol. The molecule has 1 aromatic carbocycles. The van der Waals surface area contributed by atoms with Crippen molar-refractivity contribution in [3.05, 3.63) is 48.3 Å². The van der Waals surface area contributed by atoms with Gasteiger partial charge in [-0.05, 0) is 30.3 Å². The topological polar surface area (TPSA) is 71.8 Å². The summed E-state index contributed by atoms with van der Waals surface area (Å²) in [4.78, 5) is 4.13. The highest BCUT2D eigenvalue weighted by molar-refractivity contribution is 6.59. The fourth-order valence-corrected chi connectivity index (χ4v) is 1.62. The van der Waals surface area contributed by atoms with E-state index < -0.39 is 7.12 Å². The maximum atomic E-state index is 9.33. The van der Waals surface area contributed by atoms with Crippen molar-refractivity contribution in [2.75, 3.05) is 7.11 Å². The summed E-state index contributed by atoms with van der Waals surface area (Å²) in [6.45, 7) is 0.257. The molecule has 0 aliphatic carbocycles. The molecule has 0 unspecified atom stereocenters. The average Bonchev–Trinajstić information content (AvgIpc) is 2.46. The third-order valence-corrected chi connectivity index (χ3v) is 2.60. The smallest absolute Gasteiger partial charge is 0.492 e. The van der Waals surface area contributed by atoms with Crippen LogP contribution in [0.15, 0.2) is 42.6 Å². The van der Waals surface area contributed by atoms with Crippen LogP contribution in [0.5, 0.6) is 11.5 Å². The lowest BCUT2D eigenvalue weighted by atomic mass is 9.79. The zero-order chi connectivity index (χ0) is 13.7. The van der Waals surface area contributed by atoms with E-state index in [1.165, 1.54) is 13.2 Å². The van der Waals surface area contributed by atoms with Crippen LogP contribution < -0.4 is 14.9 Å². The molecule has 0 fully saturated rings. The van der Waals surface area contributed by atoms with Crippen molar-refractivity contribution < 1.29 is 19.5 Å². The Kier molecular flexibility index (Phi) is 4.38. The summed E-state index contributed by atoms with van der Waals surface area (Å²) in [5.41, 5.74) is 1.02. The van der Waals surface area contributed by atoms with Gasteiger partial charge in [0.05, 0.1) is 12.8 Å². The van der Waals surface area contributed by atoms with Gasteiger partial charge in [-0.25, -0.2) is 0 Å². The molecule has 0 spiro atoms. The quantitative estimate of drug-likeness (QED) is 0.758. The number of benzene rings is 1. The third-order valence-electron chi connectivity index (χ3n) is 2.60. The molecule has 1 heterocycles. The first-order chi connectivity index (χ1) is 9.20. The summed E-state index contributed by atoms with van der Waals surface area (Å²) in [6, 6.07) is 10.4. The molecule has 98 valence electrons. The molecule has 0 saturated heterocycles. The lowest BCUT2D eigenvalue weighted by Gasteiger charge is -2.12. The van der Waals surface area contributed by atoms with Crippen LogP contribution in [-0.2, 0) is 6.61 Å². The van der Waals surface area contributed by atoms with Crippen molar-refractivity contribution in [1.29, 1.82) is 0 Å². The van der Waals surface area contributed by atoms with Crippen LogP contribution in [0.4, 0.5) is 0 Å². The second kappa shape index (κ2) is 6.22. The normalized spacial score (nSPS) is 10.1. The minimum atomic E-state index is -1.62. The second-order valence-electron chi connectivity index (χ2n) is 3.89. The van der Waals surface area contributed by atoms with E-state index in [1.54, 1.807) is 18.3 Å². The molecule has 0 aliphatic heterocycles. The standard InChI is InChI=1S/C13H14BNO4/c1-18-11-5-6-13(12(8-11)14(16)17)19-9-10-4-2-3-7-15-10/h2-8,16-17H,9H2,1H3. The molecular formula is C13H14BNO4. The highest BCUT2D eigenvalue weighted by Gasteiger charge is 2.18. The van der Waals surface area contributed by atoms with Gasteiger partial charge in [0.1, 0.15) is 18.1 Å². The number of rotatable bonds is 5. The zero-order valence-corrected chi connectivity index (χ0v) is 10.5. The maximum absolute atomic E-state index is 9.33. The second-order valence-corrected chi connectivity index (χ2v) is 3.89. The van der Waals surface area contributed by atoms with Gasteiger partial charge in [-0.1, -0.05) is 6.07 Å². The van der Waals surface area contributed by atoms with Gasteiger partial charge in [0.15, 0.2) is 0 Å². The van der Waals surface area contributed by atoms with Gasteiger partial charge in [-0.2, -0.15) is 0 Å². The molecule has 0 atom stereocenters. The molecule has 0 bridgehead atoms. The van der Waals surface area contributed by atoms with E-state index in [-0.39, 0.29) is 12.1 Å². The summed E-state index contributed by atoms with van der Waals surface area (Å²) in [5.74, 6) is 0.926. The summed E-state index contributed by atoms with van der Waals surface area (Å²) in [5, 5.41) is 18.7. The molecule has 2 rings (SSSR count). The van der Waals surface area contributed by atoms with Crippen molar-refractivity contribution in [1.82, 2.24) is 4.98 Å². The number of pyridine rings is 1. The Labute approximate surface area is 111 Å². The molecule has 0 amide bonds. The number of hydrogen-bond donors (Lipinski definition) is 2. The number of nitrogens with zero attached hydrogens (tertiary/aromatic N) is 1. The van der Waals surface area contributed by atoms with Crippen molar-refractivity contribution in [3.63, 3.8) is 0 Å². The van der Waals surface area contributed by atoms with Crippen LogP contribution in [0.2, 0.25) is 0 Å². The van der Waals surface area contributed by atoms with Crippen LogP contribution >= 0.6 is 0 Å². The number of ether oxygens (including phenoxy) is 2. The van der Waals surface area contributed by atoms with Crippen LogP contribution in [0.25, 0.3) is 0 Å². The molecule has 5 nitrogen and oxygen atoms in total. The summed E-state index contributed by atoms with van der Waals surface area (Å²) < 4.78 is 10.6. The van der Waals surface area contributed by atoms with E-state index in [1.807, 2.05) is 18.2 Å². The highest BCUT2D eigenvalue weighted by atomic mass is 16.5. The zero-order valence-electron chi connectivity index (χ0n) is 10.5. The SMILES string of the molecule is COc1ccc(OCc2ccccn2)c(B(O)O)c1. The maximum Gasteiger partial charge on any atom is 0.492 e. The van der Waals surface area contributed by atoms with E-state index in [9.17, 15) is 10.0 Å². The van der Waals surface area contributed by atoms with Crippen molar-refractivity contribution >= 4 is 12.6 Å². The molecular weight excluding hydrogens is 245 g/mol. The molecule has 6 heteroatoms. The highest BCUT2D eigenvalue weighted by Crippen LogP contribution is 2.16. The fraction of sp³-hybridized carbons (Fsp3) is 0.154. The van der Waals surface area contributed by atoms with E-state index in [4.69, 9.17) is 9.47 Å². The van der Waals surface area contributed by atoms with Crippen molar-refractivity contribution in [3.8, 4) is 11.5 Å². The Hall–Kier alpha value is -2.05. The van der Waals surface area contributed by atoms with Gasteiger partial charge in [0.2, 0.25) is 0 Å². The number of hydrogen-bond acceptors (Lipinski definition) is 5. The first kappa shape index (κ1) is 13.4. The van der Waals surface area contributed by atoms with Gasteiger partial charge in [0.25, 0.3) is 0 Å². The Bertz CT molecular complexity index is 533. The number of aromatic nitrogens is 1. The Morgan fingerprint density at radius 3 is 2.68 bits per heavy atom. The van der Waals surface area contributed by atoms with Gasteiger partial charge in [0, 0.05) is 11.7 Å².